The van der Waals surface area contributed by atoms with E-state index in [1.165, 1.54) is 4.68 Å². The number of H-pyrrole nitrogens is 1. The van der Waals surface area contributed by atoms with Gasteiger partial charge in [0.2, 0.25) is 0 Å². The molecule has 1 aromatic carbocycles. The van der Waals surface area contributed by atoms with Gasteiger partial charge in [0, 0.05) is 42.2 Å². The van der Waals surface area contributed by atoms with Crippen molar-refractivity contribution in [3.63, 3.8) is 0 Å². The first-order valence-electron chi connectivity index (χ1n) is 8.96. The Morgan fingerprint density at radius 1 is 1.30 bits per heavy atom. The number of nitrogens with one attached hydrogen (secondary N) is 2. The lowest BCUT2D eigenvalue weighted by atomic mass is 10.1. The molecule has 8 heteroatoms. The molecular formula is C19H26N6OS. The first kappa shape index (κ1) is 19.3. The second-order valence-corrected chi connectivity index (χ2v) is 7.88. The number of fused-ring (bicyclic) bond motifs is 1. The van der Waals surface area contributed by atoms with Crippen molar-refractivity contribution in [3.8, 4) is 0 Å². The van der Waals surface area contributed by atoms with Gasteiger partial charge in [0.15, 0.2) is 11.6 Å². The zero-order valence-corrected chi connectivity index (χ0v) is 17.2. The van der Waals surface area contributed by atoms with Gasteiger partial charge in [0.1, 0.15) is 0 Å². The fraction of sp³-hybridized carbons (Fsp3) is 0.421. The molecule has 0 unspecified atom stereocenters. The van der Waals surface area contributed by atoms with Crippen LogP contribution < -0.4 is 15.8 Å². The second-order valence-electron chi connectivity index (χ2n) is 6.90. The molecule has 27 heavy (non-hydrogen) atoms. The average Bonchev–Trinajstić information content (AvgIpc) is 3.06. The molecule has 0 saturated heterocycles. The Morgan fingerprint density at radius 2 is 2.07 bits per heavy atom. The summed E-state index contributed by atoms with van der Waals surface area (Å²) in [6, 6.07) is 7.81. The highest BCUT2D eigenvalue weighted by Gasteiger charge is 2.15. The summed E-state index contributed by atoms with van der Waals surface area (Å²) in [6.45, 7) is 6.78. The largest absolute Gasteiger partial charge is 0.374 e. The van der Waals surface area contributed by atoms with Crippen LogP contribution in [0.1, 0.15) is 25.6 Å². The van der Waals surface area contributed by atoms with Crippen LogP contribution in [-0.2, 0) is 0 Å². The second kappa shape index (κ2) is 8.04. The Kier molecular flexibility index (Phi) is 5.74. The fourth-order valence-corrected chi connectivity index (χ4v) is 3.34. The maximum atomic E-state index is 13.0. The van der Waals surface area contributed by atoms with Gasteiger partial charge in [-0.1, -0.05) is 0 Å². The molecule has 3 rings (SSSR count). The van der Waals surface area contributed by atoms with Crippen molar-refractivity contribution in [2.75, 3.05) is 35.8 Å². The average molecular weight is 387 g/mol. The lowest BCUT2D eigenvalue weighted by molar-refractivity contribution is 0.510. The van der Waals surface area contributed by atoms with Crippen molar-refractivity contribution < 1.29 is 0 Å². The summed E-state index contributed by atoms with van der Waals surface area (Å²) in [6.07, 6.45) is 2.09. The molecule has 3 aromatic rings. The molecule has 7 nitrogen and oxygen atoms in total. The topological polar surface area (TPSA) is 78.8 Å². The lowest BCUT2D eigenvalue weighted by Gasteiger charge is -2.20. The van der Waals surface area contributed by atoms with Gasteiger partial charge in [-0.15, -0.1) is 0 Å². The molecule has 0 amide bonds. The number of rotatable bonds is 7. The third-order valence-corrected chi connectivity index (χ3v) is 5.01. The van der Waals surface area contributed by atoms with Crippen molar-refractivity contribution in [1.82, 2.24) is 20.0 Å². The molecule has 0 aliphatic rings. The molecule has 0 fully saturated rings. The highest BCUT2D eigenvalue weighted by molar-refractivity contribution is 7.98. The number of nitrogens with zero attached hydrogens (tertiary/aromatic N) is 4. The van der Waals surface area contributed by atoms with Crippen LogP contribution in [0.25, 0.3) is 10.8 Å². The van der Waals surface area contributed by atoms with Crippen LogP contribution in [0.2, 0.25) is 0 Å². The Balaban J connectivity index is 2.11. The van der Waals surface area contributed by atoms with Gasteiger partial charge < -0.3 is 10.2 Å². The minimum Gasteiger partial charge on any atom is -0.374 e. The van der Waals surface area contributed by atoms with Gasteiger partial charge in [0.05, 0.1) is 11.4 Å². The monoisotopic (exact) mass is 386 g/mol. The minimum absolute atomic E-state index is 0.0405. The van der Waals surface area contributed by atoms with E-state index in [1.807, 2.05) is 52.1 Å². The molecule has 2 heterocycles. The quantitative estimate of drug-likeness (QED) is 0.646. The molecule has 0 aliphatic carbocycles. The van der Waals surface area contributed by atoms with Crippen molar-refractivity contribution in [2.45, 2.75) is 26.8 Å². The summed E-state index contributed by atoms with van der Waals surface area (Å²) in [5.74, 6) is 2.34. The molecule has 0 atom stereocenters. The van der Waals surface area contributed by atoms with E-state index < -0.39 is 0 Å². The predicted octanol–water partition coefficient (Wildman–Crippen LogP) is 3.55. The fourth-order valence-electron chi connectivity index (χ4n) is 2.89. The van der Waals surface area contributed by atoms with Crippen LogP contribution in [0.5, 0.6) is 0 Å². The van der Waals surface area contributed by atoms with E-state index in [0.717, 1.165) is 29.1 Å². The smallest absolute Gasteiger partial charge is 0.275 e. The molecule has 0 spiro atoms. The van der Waals surface area contributed by atoms with E-state index in [2.05, 4.69) is 31.8 Å². The first-order chi connectivity index (χ1) is 12.9. The summed E-state index contributed by atoms with van der Waals surface area (Å²) < 4.78 is 1.52. The highest BCUT2D eigenvalue weighted by Crippen LogP contribution is 2.26. The number of aromatic amines is 1. The molecule has 2 aromatic heterocycles. The number of anilines is 3. The standard InChI is InChI=1S/C19H26N6OS/c1-12(2)25-19(26)16-11-14(24(4)8-9-27-5)6-7-15(16)18(23-25)20-17-10-13(3)21-22-17/h6-7,10-12H,8-9H2,1-5H3,(H2,20,21,22,23). The van der Waals surface area contributed by atoms with Gasteiger partial charge >= 0.3 is 0 Å². The summed E-state index contributed by atoms with van der Waals surface area (Å²) in [5.41, 5.74) is 1.90. The van der Waals surface area contributed by atoms with Crippen LogP contribution in [0.3, 0.4) is 0 Å². The normalized spacial score (nSPS) is 11.3. The number of hydrogen-bond acceptors (Lipinski definition) is 6. The van der Waals surface area contributed by atoms with Crippen molar-refractivity contribution in [1.29, 1.82) is 0 Å². The Labute approximate surface area is 163 Å². The number of thioether (sulfide) groups is 1. The number of hydrogen-bond donors (Lipinski definition) is 2. The maximum Gasteiger partial charge on any atom is 0.275 e. The third-order valence-electron chi connectivity index (χ3n) is 4.42. The number of aryl methyl sites for hydroxylation is 1. The van der Waals surface area contributed by atoms with E-state index in [4.69, 9.17) is 0 Å². The van der Waals surface area contributed by atoms with Crippen LogP contribution in [0.4, 0.5) is 17.3 Å². The zero-order valence-electron chi connectivity index (χ0n) is 16.4. The summed E-state index contributed by atoms with van der Waals surface area (Å²) in [7, 11) is 2.05. The molecule has 0 radical (unpaired) electrons. The van der Waals surface area contributed by atoms with Crippen molar-refractivity contribution in [2.24, 2.45) is 0 Å². The predicted molar refractivity (Wildman–Crippen MR) is 115 cm³/mol. The van der Waals surface area contributed by atoms with Gasteiger partial charge in [-0.3, -0.25) is 9.89 Å². The Bertz CT molecular complexity index is 994. The van der Waals surface area contributed by atoms with E-state index in [1.54, 1.807) is 11.8 Å². The SMILES string of the molecule is CSCCN(C)c1ccc2c(Nc3cc(C)[nH]n3)nn(C(C)C)c(=O)c2c1. The lowest BCUT2D eigenvalue weighted by Crippen LogP contribution is -2.26. The van der Waals surface area contributed by atoms with Crippen LogP contribution in [-0.4, -0.2) is 45.6 Å². The summed E-state index contributed by atoms with van der Waals surface area (Å²) in [4.78, 5) is 15.2. The van der Waals surface area contributed by atoms with Crippen LogP contribution in [0.15, 0.2) is 29.1 Å². The van der Waals surface area contributed by atoms with Crippen LogP contribution >= 0.6 is 11.8 Å². The van der Waals surface area contributed by atoms with Crippen LogP contribution in [0, 0.1) is 6.92 Å². The molecule has 2 N–H and O–H groups in total. The van der Waals surface area contributed by atoms with Gasteiger partial charge in [-0.2, -0.15) is 22.0 Å². The van der Waals surface area contributed by atoms with Crippen molar-refractivity contribution in [3.05, 3.63) is 40.3 Å². The summed E-state index contributed by atoms with van der Waals surface area (Å²) in [5, 5.41) is 16.4. The Morgan fingerprint density at radius 3 is 2.70 bits per heavy atom. The zero-order chi connectivity index (χ0) is 19.6. The maximum absolute atomic E-state index is 13.0. The molecule has 0 saturated carbocycles. The number of benzene rings is 1. The molecule has 0 aliphatic heterocycles. The van der Waals surface area contributed by atoms with Crippen molar-refractivity contribution >= 4 is 39.9 Å². The number of aromatic nitrogens is 4. The van der Waals surface area contributed by atoms with E-state index in [0.29, 0.717) is 17.0 Å². The first-order valence-corrected chi connectivity index (χ1v) is 10.4. The molecule has 144 valence electrons. The highest BCUT2D eigenvalue weighted by atomic mass is 32.2. The van der Waals surface area contributed by atoms with E-state index in [-0.39, 0.29) is 11.6 Å². The van der Waals surface area contributed by atoms with Gasteiger partial charge in [0.25, 0.3) is 5.56 Å². The minimum atomic E-state index is -0.0797. The Hall–Kier alpha value is -2.48. The van der Waals surface area contributed by atoms with Gasteiger partial charge in [-0.25, -0.2) is 4.68 Å². The third kappa shape index (κ3) is 4.10. The summed E-state index contributed by atoms with van der Waals surface area (Å²) >= 11 is 1.81. The van der Waals surface area contributed by atoms with E-state index >= 15 is 0 Å². The molecular weight excluding hydrogens is 360 g/mol. The van der Waals surface area contributed by atoms with E-state index in [9.17, 15) is 4.79 Å². The molecule has 0 bridgehead atoms. The van der Waals surface area contributed by atoms with Gasteiger partial charge in [-0.05, 0) is 45.2 Å².